The average molecular weight is 825 g/mol. The third kappa shape index (κ3) is 29.3. The van der Waals surface area contributed by atoms with Crippen LogP contribution in [0.15, 0.2) is 0 Å². The highest BCUT2D eigenvalue weighted by atomic mass is 32.3. The van der Waals surface area contributed by atoms with Crippen LogP contribution in [0.2, 0.25) is 0 Å². The Morgan fingerprint density at radius 1 is 0.607 bits per heavy atom. The SMILES string of the molecule is CCCCCCCCCCCCCCCCCOCC(COC1OC(CO)C(O)C(OS(=O)(=O)O)C1O)OC(=O)CCCCCCCCCCCCCCCC. The van der Waals surface area contributed by atoms with E-state index in [0.29, 0.717) is 13.0 Å². The van der Waals surface area contributed by atoms with Crippen molar-refractivity contribution in [1.29, 1.82) is 0 Å². The van der Waals surface area contributed by atoms with E-state index < -0.39 is 59.8 Å². The molecule has 56 heavy (non-hydrogen) atoms. The second-order valence-electron chi connectivity index (χ2n) is 16.0. The van der Waals surface area contributed by atoms with E-state index >= 15 is 0 Å². The van der Waals surface area contributed by atoms with Crippen molar-refractivity contribution in [2.75, 3.05) is 26.4 Å². The molecule has 1 fully saturated rings. The minimum atomic E-state index is -5.05. The van der Waals surface area contributed by atoms with Crippen LogP contribution in [0.25, 0.3) is 0 Å². The number of aliphatic hydroxyl groups excluding tert-OH is 3. The molecule has 1 heterocycles. The zero-order valence-electron chi connectivity index (χ0n) is 35.5. The number of esters is 1. The second-order valence-corrected chi connectivity index (χ2v) is 17.1. The van der Waals surface area contributed by atoms with Crippen molar-refractivity contribution in [1.82, 2.24) is 0 Å². The smallest absolute Gasteiger partial charge is 0.397 e. The molecule has 0 aliphatic carbocycles. The number of aliphatic hydroxyl groups is 3. The summed E-state index contributed by atoms with van der Waals surface area (Å²) in [6, 6.07) is 0. The fourth-order valence-corrected chi connectivity index (χ4v) is 7.77. The molecule has 6 atom stereocenters. The van der Waals surface area contributed by atoms with Gasteiger partial charge >= 0.3 is 16.4 Å². The van der Waals surface area contributed by atoms with Gasteiger partial charge in [0, 0.05) is 13.0 Å². The van der Waals surface area contributed by atoms with Crippen molar-refractivity contribution in [3.05, 3.63) is 0 Å². The van der Waals surface area contributed by atoms with Crippen molar-refractivity contribution in [3.63, 3.8) is 0 Å². The van der Waals surface area contributed by atoms with Gasteiger partial charge in [-0.25, -0.2) is 4.18 Å². The Balaban J connectivity index is 2.41. The Hall–Kier alpha value is -0.900. The number of ether oxygens (including phenoxy) is 4. The molecule has 0 amide bonds. The van der Waals surface area contributed by atoms with Gasteiger partial charge in [0.05, 0.1) is 19.8 Å². The minimum Gasteiger partial charge on any atom is -0.457 e. The van der Waals surface area contributed by atoms with Crippen molar-refractivity contribution in [3.8, 4) is 0 Å². The Bertz CT molecular complexity index is 999. The lowest BCUT2D eigenvalue weighted by Gasteiger charge is -2.41. The largest absolute Gasteiger partial charge is 0.457 e. The van der Waals surface area contributed by atoms with Gasteiger partial charge in [-0.05, 0) is 12.8 Å². The van der Waals surface area contributed by atoms with Crippen molar-refractivity contribution in [2.45, 2.75) is 243 Å². The lowest BCUT2D eigenvalue weighted by molar-refractivity contribution is -0.301. The summed E-state index contributed by atoms with van der Waals surface area (Å²) in [6.07, 6.45) is 27.0. The zero-order chi connectivity index (χ0) is 41.1. The second kappa shape index (κ2) is 36.0. The van der Waals surface area contributed by atoms with Crippen molar-refractivity contribution < 1.29 is 56.2 Å². The van der Waals surface area contributed by atoms with Gasteiger partial charge in [0.1, 0.15) is 30.5 Å². The summed E-state index contributed by atoms with van der Waals surface area (Å²) in [7, 11) is -5.05. The molecular formula is C43H84O12S. The maximum absolute atomic E-state index is 12.8. The average Bonchev–Trinajstić information content (AvgIpc) is 3.17. The summed E-state index contributed by atoms with van der Waals surface area (Å²) < 4.78 is 59.0. The van der Waals surface area contributed by atoms with Crippen LogP contribution < -0.4 is 0 Å². The zero-order valence-corrected chi connectivity index (χ0v) is 36.3. The molecule has 4 N–H and O–H groups in total. The van der Waals surface area contributed by atoms with Gasteiger partial charge in [0.2, 0.25) is 0 Å². The van der Waals surface area contributed by atoms with Crippen LogP contribution in [0.1, 0.15) is 206 Å². The quantitative estimate of drug-likeness (QED) is 0.0262. The van der Waals surface area contributed by atoms with Crippen molar-refractivity contribution >= 4 is 16.4 Å². The molecule has 0 aromatic rings. The first-order chi connectivity index (χ1) is 27.1. The van der Waals surface area contributed by atoms with Crippen LogP contribution in [-0.2, 0) is 38.3 Å². The number of unbranched alkanes of at least 4 members (excludes halogenated alkanes) is 27. The Morgan fingerprint density at radius 2 is 1.02 bits per heavy atom. The summed E-state index contributed by atoms with van der Waals surface area (Å²) in [6.45, 7) is 4.03. The molecule has 1 rings (SSSR count). The first-order valence-electron chi connectivity index (χ1n) is 22.8. The van der Waals surface area contributed by atoms with E-state index in [0.717, 1.165) is 38.5 Å². The van der Waals surface area contributed by atoms with E-state index in [2.05, 4.69) is 18.0 Å². The molecule has 334 valence electrons. The summed E-state index contributed by atoms with van der Waals surface area (Å²) in [5.41, 5.74) is 0. The van der Waals surface area contributed by atoms with Crippen LogP contribution in [0.4, 0.5) is 0 Å². The van der Waals surface area contributed by atoms with Crippen LogP contribution in [0, 0.1) is 0 Å². The lowest BCUT2D eigenvalue weighted by Crippen LogP contribution is -2.60. The Morgan fingerprint density at radius 3 is 1.43 bits per heavy atom. The predicted molar refractivity (Wildman–Crippen MR) is 221 cm³/mol. The van der Waals surface area contributed by atoms with E-state index in [1.54, 1.807) is 0 Å². The molecule has 1 saturated heterocycles. The van der Waals surface area contributed by atoms with Gasteiger partial charge in [-0.1, -0.05) is 187 Å². The Kier molecular flexibility index (Phi) is 34.1. The molecule has 0 bridgehead atoms. The third-order valence-corrected chi connectivity index (χ3v) is 11.2. The molecule has 0 saturated carbocycles. The van der Waals surface area contributed by atoms with E-state index in [9.17, 15) is 28.5 Å². The fourth-order valence-electron chi connectivity index (χ4n) is 7.26. The van der Waals surface area contributed by atoms with Gasteiger partial charge < -0.3 is 34.3 Å². The summed E-state index contributed by atoms with van der Waals surface area (Å²) >= 11 is 0. The molecule has 0 aromatic carbocycles. The predicted octanol–water partition coefficient (Wildman–Crippen LogP) is 9.30. The van der Waals surface area contributed by atoms with Crippen LogP contribution >= 0.6 is 0 Å². The Labute approximate surface area is 341 Å². The highest BCUT2D eigenvalue weighted by molar-refractivity contribution is 7.80. The van der Waals surface area contributed by atoms with E-state index in [1.807, 2.05) is 0 Å². The number of hydrogen-bond acceptors (Lipinski definition) is 11. The maximum Gasteiger partial charge on any atom is 0.397 e. The minimum absolute atomic E-state index is 0.0445. The topological polar surface area (TPSA) is 178 Å². The van der Waals surface area contributed by atoms with Crippen LogP contribution in [0.3, 0.4) is 0 Å². The van der Waals surface area contributed by atoms with Gasteiger partial charge in [-0.15, -0.1) is 0 Å². The molecule has 0 radical (unpaired) electrons. The molecular weight excluding hydrogens is 741 g/mol. The first kappa shape index (κ1) is 53.1. The monoisotopic (exact) mass is 825 g/mol. The standard InChI is InChI=1S/C43H84O12S/c1-3-5-7-9-11-13-15-17-19-21-23-25-27-29-31-33-51-35-37(36-52-43-41(47)42(55-56(48,49)50)40(46)38(34-44)54-43)53-39(45)32-30-28-26-24-22-20-18-16-14-12-10-8-6-4-2/h37-38,40-44,46-47H,3-36H2,1-2H3,(H,48,49,50). The van der Waals surface area contributed by atoms with E-state index in [4.69, 9.17) is 23.5 Å². The highest BCUT2D eigenvalue weighted by Gasteiger charge is 2.48. The lowest BCUT2D eigenvalue weighted by atomic mass is 9.99. The molecule has 1 aliphatic rings. The van der Waals surface area contributed by atoms with Gasteiger partial charge in [0.15, 0.2) is 6.29 Å². The maximum atomic E-state index is 12.8. The molecule has 6 unspecified atom stereocenters. The summed E-state index contributed by atoms with van der Waals surface area (Å²) in [5, 5.41) is 30.6. The third-order valence-electron chi connectivity index (χ3n) is 10.7. The molecule has 0 aromatic heterocycles. The number of rotatable bonds is 40. The highest BCUT2D eigenvalue weighted by Crippen LogP contribution is 2.26. The van der Waals surface area contributed by atoms with Gasteiger partial charge in [-0.3, -0.25) is 9.35 Å². The number of carbonyl (C=O) groups excluding carboxylic acids is 1. The number of carbonyl (C=O) groups is 1. The van der Waals surface area contributed by atoms with Gasteiger partial charge in [-0.2, -0.15) is 8.42 Å². The summed E-state index contributed by atoms with van der Waals surface area (Å²) in [4.78, 5) is 12.8. The fraction of sp³-hybridized carbons (Fsp3) is 0.977. The van der Waals surface area contributed by atoms with Crippen LogP contribution in [-0.4, -0.2) is 97.5 Å². The van der Waals surface area contributed by atoms with Crippen LogP contribution in [0.5, 0.6) is 0 Å². The first-order valence-corrected chi connectivity index (χ1v) is 24.2. The van der Waals surface area contributed by atoms with E-state index in [-0.39, 0.29) is 19.6 Å². The normalized spacial score (nSPS) is 20.7. The van der Waals surface area contributed by atoms with Gasteiger partial charge in [0.25, 0.3) is 0 Å². The molecule has 1 aliphatic heterocycles. The van der Waals surface area contributed by atoms with Crippen molar-refractivity contribution in [2.24, 2.45) is 0 Å². The molecule has 0 spiro atoms. The molecule has 13 heteroatoms. The number of hydrogen-bond donors (Lipinski definition) is 4. The molecule has 12 nitrogen and oxygen atoms in total. The summed E-state index contributed by atoms with van der Waals surface area (Å²) in [5.74, 6) is -0.394. The van der Waals surface area contributed by atoms with E-state index in [1.165, 1.54) is 141 Å².